The van der Waals surface area contributed by atoms with E-state index in [2.05, 4.69) is 0 Å². The van der Waals surface area contributed by atoms with Crippen molar-refractivity contribution in [3.05, 3.63) is 29.8 Å². The van der Waals surface area contributed by atoms with E-state index in [9.17, 15) is 9.90 Å². The van der Waals surface area contributed by atoms with Gasteiger partial charge in [0.15, 0.2) is 11.5 Å². The van der Waals surface area contributed by atoms with Crippen LogP contribution in [0.25, 0.3) is 6.08 Å². The number of carbonyl (C=O) groups excluding carboxylic acids is 1. The van der Waals surface area contributed by atoms with Crippen LogP contribution >= 0.6 is 0 Å². The molecule has 0 aliphatic carbocycles. The van der Waals surface area contributed by atoms with E-state index in [0.29, 0.717) is 23.7 Å². The molecule has 1 aromatic carbocycles. The van der Waals surface area contributed by atoms with Crippen molar-refractivity contribution < 1.29 is 24.3 Å². The van der Waals surface area contributed by atoms with Gasteiger partial charge in [-0.1, -0.05) is 12.1 Å². The normalized spacial score (nSPS) is 16.2. The second-order valence-electron chi connectivity index (χ2n) is 5.79. The topological polar surface area (TPSA) is 63.0 Å². The summed E-state index contributed by atoms with van der Waals surface area (Å²) in [5.41, 5.74) is 0.680. The van der Waals surface area contributed by atoms with Gasteiger partial charge < -0.3 is 24.3 Å². The minimum atomic E-state index is -1.23. The molecule has 1 saturated heterocycles. The molecule has 23 heavy (non-hydrogen) atoms. The van der Waals surface area contributed by atoms with Crippen molar-refractivity contribution in [2.45, 2.75) is 25.7 Å². The van der Waals surface area contributed by atoms with Gasteiger partial charge in [0, 0.05) is 5.56 Å². The zero-order chi connectivity index (χ0) is 16.5. The van der Waals surface area contributed by atoms with Crippen molar-refractivity contribution in [1.82, 2.24) is 0 Å². The first-order chi connectivity index (χ1) is 11.2. The van der Waals surface area contributed by atoms with Crippen molar-refractivity contribution in [3.63, 3.8) is 0 Å². The van der Waals surface area contributed by atoms with Crippen LogP contribution in [0, 0.1) is 0 Å². The van der Waals surface area contributed by atoms with E-state index in [4.69, 9.17) is 9.47 Å². The number of hydrogen-bond donors (Lipinski definition) is 1. The summed E-state index contributed by atoms with van der Waals surface area (Å²) in [5, 5.41) is 10.6. The summed E-state index contributed by atoms with van der Waals surface area (Å²) in [7, 11) is 1.58. The van der Waals surface area contributed by atoms with Gasteiger partial charge in [0.25, 0.3) is 0 Å². The molecule has 1 aliphatic rings. The number of aliphatic carboxylic acids is 1. The molecular formula is C18H25NO4. The molecule has 0 spiro atoms. The van der Waals surface area contributed by atoms with E-state index >= 15 is 0 Å². The number of benzene rings is 1. The van der Waals surface area contributed by atoms with Gasteiger partial charge in [-0.2, -0.15) is 0 Å². The molecule has 0 atom stereocenters. The van der Waals surface area contributed by atoms with E-state index < -0.39 is 5.97 Å². The Labute approximate surface area is 137 Å². The monoisotopic (exact) mass is 319 g/mol. The average molecular weight is 319 g/mol. The van der Waals surface area contributed by atoms with Crippen LogP contribution in [0.1, 0.15) is 31.2 Å². The molecule has 2 rings (SSSR count). The number of para-hydroxylation sites is 1. The lowest BCUT2D eigenvalue weighted by molar-refractivity contribution is -0.899. The quantitative estimate of drug-likeness (QED) is 0.734. The van der Waals surface area contributed by atoms with Crippen LogP contribution in [0.4, 0.5) is 0 Å². The summed E-state index contributed by atoms with van der Waals surface area (Å²) in [4.78, 5) is 12.2. The third kappa shape index (κ3) is 5.60. The SMILES string of the molecule is COc1cccc(/C=C/C(=O)[O-])c1OCC[NH+]1CCCCCC1. The van der Waals surface area contributed by atoms with E-state index in [0.717, 1.165) is 12.6 Å². The highest BCUT2D eigenvalue weighted by Gasteiger charge is 2.14. The first-order valence-corrected chi connectivity index (χ1v) is 8.23. The molecule has 1 fully saturated rings. The van der Waals surface area contributed by atoms with E-state index in [1.165, 1.54) is 44.8 Å². The van der Waals surface area contributed by atoms with E-state index in [1.54, 1.807) is 24.1 Å². The predicted octanol–water partition coefficient (Wildman–Crippen LogP) is 0.296. The zero-order valence-corrected chi connectivity index (χ0v) is 13.7. The van der Waals surface area contributed by atoms with Gasteiger partial charge in [-0.05, 0) is 43.9 Å². The summed E-state index contributed by atoms with van der Waals surface area (Å²) < 4.78 is 11.3. The predicted molar refractivity (Wildman–Crippen MR) is 86.6 cm³/mol. The highest BCUT2D eigenvalue weighted by atomic mass is 16.5. The number of carboxylic acid groups (broad SMARTS) is 1. The Hall–Kier alpha value is -2.01. The van der Waals surface area contributed by atoms with E-state index in [-0.39, 0.29) is 0 Å². The maximum absolute atomic E-state index is 10.6. The summed E-state index contributed by atoms with van der Waals surface area (Å²) in [6.07, 6.45) is 7.70. The summed E-state index contributed by atoms with van der Waals surface area (Å²) in [6.45, 7) is 3.93. The molecule has 1 aliphatic heterocycles. The standard InChI is InChI=1S/C18H25NO4/c1-22-16-8-6-7-15(9-10-17(20)21)18(16)23-14-13-19-11-4-2-3-5-12-19/h6-10H,2-5,11-14H2,1H3,(H,20,21)/b10-9+. The summed E-state index contributed by atoms with van der Waals surface area (Å²) in [5.74, 6) is -0.0362. The van der Waals surface area contributed by atoms with Gasteiger partial charge in [0.05, 0.1) is 26.2 Å². The van der Waals surface area contributed by atoms with Gasteiger partial charge in [-0.25, -0.2) is 0 Å². The fraction of sp³-hybridized carbons (Fsp3) is 0.500. The van der Waals surface area contributed by atoms with Crippen molar-refractivity contribution in [1.29, 1.82) is 0 Å². The Bertz CT molecular complexity index is 534. The lowest BCUT2D eigenvalue weighted by atomic mass is 10.1. The van der Waals surface area contributed by atoms with Crippen LogP contribution in [-0.4, -0.2) is 39.3 Å². The van der Waals surface area contributed by atoms with Crippen LogP contribution in [0.3, 0.4) is 0 Å². The largest absolute Gasteiger partial charge is 0.545 e. The lowest BCUT2D eigenvalue weighted by Crippen LogP contribution is -3.12. The molecule has 0 bridgehead atoms. The number of methoxy groups -OCH3 is 1. The second kappa shape index (κ2) is 9.20. The molecule has 5 nitrogen and oxygen atoms in total. The Kier molecular flexibility index (Phi) is 6.94. The van der Waals surface area contributed by atoms with Crippen LogP contribution in [0.5, 0.6) is 11.5 Å². The van der Waals surface area contributed by atoms with Gasteiger partial charge in [-0.15, -0.1) is 0 Å². The highest BCUT2D eigenvalue weighted by molar-refractivity contribution is 5.84. The third-order valence-corrected chi connectivity index (χ3v) is 4.14. The minimum absolute atomic E-state index is 0.585. The number of carbonyl (C=O) groups is 1. The summed E-state index contributed by atoms with van der Waals surface area (Å²) in [6, 6.07) is 5.42. The maximum Gasteiger partial charge on any atom is 0.168 e. The Morgan fingerprint density at radius 1 is 1.26 bits per heavy atom. The van der Waals surface area contributed by atoms with Crippen molar-refractivity contribution in [2.24, 2.45) is 0 Å². The molecule has 1 N–H and O–H groups in total. The first-order valence-electron chi connectivity index (χ1n) is 8.23. The molecule has 1 aromatic rings. The average Bonchev–Trinajstić information content (AvgIpc) is 2.82. The fourth-order valence-corrected chi connectivity index (χ4v) is 2.91. The number of carboxylic acids is 1. The Morgan fingerprint density at radius 2 is 2.00 bits per heavy atom. The molecule has 126 valence electrons. The van der Waals surface area contributed by atoms with Gasteiger partial charge >= 0.3 is 0 Å². The smallest absolute Gasteiger partial charge is 0.168 e. The van der Waals surface area contributed by atoms with E-state index in [1.807, 2.05) is 6.07 Å². The zero-order valence-electron chi connectivity index (χ0n) is 13.7. The highest BCUT2D eigenvalue weighted by Crippen LogP contribution is 2.31. The second-order valence-corrected chi connectivity index (χ2v) is 5.79. The van der Waals surface area contributed by atoms with Gasteiger partial charge in [0.2, 0.25) is 0 Å². The first kappa shape index (κ1) is 17.3. The minimum Gasteiger partial charge on any atom is -0.545 e. The van der Waals surface area contributed by atoms with Gasteiger partial charge in [-0.3, -0.25) is 0 Å². The van der Waals surface area contributed by atoms with Crippen LogP contribution in [0.15, 0.2) is 24.3 Å². The molecule has 0 amide bonds. The number of likely N-dealkylation sites (tertiary alicyclic amines) is 1. The van der Waals surface area contributed by atoms with Crippen LogP contribution in [-0.2, 0) is 4.79 Å². The van der Waals surface area contributed by atoms with Crippen LogP contribution in [0.2, 0.25) is 0 Å². The number of quaternary nitrogens is 1. The third-order valence-electron chi connectivity index (χ3n) is 4.14. The number of hydrogen-bond acceptors (Lipinski definition) is 4. The van der Waals surface area contributed by atoms with Crippen molar-refractivity contribution >= 4 is 12.0 Å². The molecule has 0 aromatic heterocycles. The Balaban J connectivity index is 2.00. The lowest BCUT2D eigenvalue weighted by Gasteiger charge is -2.18. The summed E-state index contributed by atoms with van der Waals surface area (Å²) >= 11 is 0. The van der Waals surface area contributed by atoms with Crippen molar-refractivity contribution in [3.8, 4) is 11.5 Å². The van der Waals surface area contributed by atoms with Gasteiger partial charge in [0.1, 0.15) is 13.2 Å². The number of rotatable bonds is 7. The maximum atomic E-state index is 10.6. The molecule has 0 radical (unpaired) electrons. The van der Waals surface area contributed by atoms with Crippen LogP contribution < -0.4 is 19.5 Å². The number of ether oxygens (including phenoxy) is 2. The molecule has 1 heterocycles. The fourth-order valence-electron chi connectivity index (χ4n) is 2.91. The number of nitrogens with one attached hydrogen (secondary N) is 1. The molecule has 0 saturated carbocycles. The Morgan fingerprint density at radius 3 is 2.65 bits per heavy atom. The molecular weight excluding hydrogens is 294 g/mol. The van der Waals surface area contributed by atoms with Crippen molar-refractivity contribution in [2.75, 3.05) is 33.4 Å². The molecule has 5 heteroatoms. The molecule has 0 unspecified atom stereocenters.